The van der Waals surface area contributed by atoms with Gasteiger partial charge < -0.3 is 14.8 Å². The zero-order valence-corrected chi connectivity index (χ0v) is 18.9. The average molecular weight is 416 g/mol. The van der Waals surface area contributed by atoms with Gasteiger partial charge in [-0.3, -0.25) is 0 Å². The molecular formula is C25H37NO4. The second-order valence-electron chi connectivity index (χ2n) is 10.1. The van der Waals surface area contributed by atoms with Crippen LogP contribution in [-0.4, -0.2) is 29.8 Å². The molecule has 1 amide bonds. The van der Waals surface area contributed by atoms with E-state index in [0.29, 0.717) is 12.3 Å². The highest BCUT2D eigenvalue weighted by molar-refractivity contribution is 5.81. The van der Waals surface area contributed by atoms with Crippen LogP contribution in [0.4, 0.5) is 4.79 Å². The van der Waals surface area contributed by atoms with E-state index in [1.807, 2.05) is 33.8 Å². The Balaban J connectivity index is 1.71. The summed E-state index contributed by atoms with van der Waals surface area (Å²) in [6.07, 6.45) is 6.56. The number of carbonyl (C=O) groups excluding carboxylic acids is 2. The molecule has 1 saturated heterocycles. The molecule has 1 heterocycles. The molecule has 1 aliphatic carbocycles. The molecule has 1 aromatic carbocycles. The van der Waals surface area contributed by atoms with Crippen LogP contribution in [0.5, 0.6) is 0 Å². The molecule has 1 saturated carbocycles. The Bertz CT molecular complexity index is 708. The predicted molar refractivity (Wildman–Crippen MR) is 117 cm³/mol. The van der Waals surface area contributed by atoms with Crippen LogP contribution in [0.3, 0.4) is 0 Å². The summed E-state index contributed by atoms with van der Waals surface area (Å²) in [7, 11) is 0. The van der Waals surface area contributed by atoms with E-state index in [4.69, 9.17) is 9.47 Å². The molecule has 0 radical (unpaired) electrons. The number of carbonyl (C=O) groups is 2. The van der Waals surface area contributed by atoms with E-state index >= 15 is 0 Å². The van der Waals surface area contributed by atoms with Crippen molar-refractivity contribution in [3.05, 3.63) is 35.9 Å². The first-order valence-corrected chi connectivity index (χ1v) is 11.4. The molecule has 0 unspecified atom stereocenters. The third kappa shape index (κ3) is 7.03. The van der Waals surface area contributed by atoms with E-state index in [0.717, 1.165) is 25.2 Å². The Morgan fingerprint density at radius 3 is 2.47 bits per heavy atom. The maximum atomic E-state index is 12.9. The van der Waals surface area contributed by atoms with E-state index in [2.05, 4.69) is 29.6 Å². The van der Waals surface area contributed by atoms with Gasteiger partial charge in [0.1, 0.15) is 17.7 Å². The van der Waals surface area contributed by atoms with Crippen molar-refractivity contribution >= 4 is 12.1 Å². The number of hydrogen-bond acceptors (Lipinski definition) is 4. The number of amides is 1. The number of rotatable bonds is 5. The number of hydrogen-bond donors (Lipinski definition) is 1. The molecular weight excluding hydrogens is 378 g/mol. The first-order valence-electron chi connectivity index (χ1n) is 11.4. The van der Waals surface area contributed by atoms with Gasteiger partial charge in [0.15, 0.2) is 0 Å². The zero-order valence-electron chi connectivity index (χ0n) is 18.9. The van der Waals surface area contributed by atoms with E-state index in [1.165, 1.54) is 24.8 Å². The molecule has 5 heteroatoms. The van der Waals surface area contributed by atoms with Crippen LogP contribution in [0, 0.1) is 17.8 Å². The lowest BCUT2D eigenvalue weighted by atomic mass is 9.77. The minimum Gasteiger partial charge on any atom is -0.461 e. The van der Waals surface area contributed by atoms with Crippen LogP contribution < -0.4 is 5.32 Å². The molecule has 1 aromatic rings. The highest BCUT2D eigenvalue weighted by Gasteiger charge is 2.37. The molecule has 30 heavy (non-hydrogen) atoms. The monoisotopic (exact) mass is 415 g/mol. The topological polar surface area (TPSA) is 64.6 Å². The number of ether oxygens (including phenoxy) is 2. The average Bonchev–Trinajstić information content (AvgIpc) is 3.47. The van der Waals surface area contributed by atoms with Gasteiger partial charge in [-0.15, -0.1) is 0 Å². The summed E-state index contributed by atoms with van der Waals surface area (Å²) >= 11 is 0. The normalized spacial score (nSPS) is 27.9. The summed E-state index contributed by atoms with van der Waals surface area (Å²) < 4.78 is 11.3. The molecule has 1 aliphatic heterocycles. The predicted octanol–water partition coefficient (Wildman–Crippen LogP) is 5.27. The second kappa shape index (κ2) is 9.84. The lowest BCUT2D eigenvalue weighted by Gasteiger charge is -2.31. The Morgan fingerprint density at radius 2 is 1.83 bits per heavy atom. The highest BCUT2D eigenvalue weighted by Crippen LogP contribution is 2.41. The molecule has 3 rings (SSSR count). The number of benzene rings is 1. The third-order valence-electron chi connectivity index (χ3n) is 6.20. The largest absolute Gasteiger partial charge is 0.461 e. The Kier molecular flexibility index (Phi) is 7.43. The van der Waals surface area contributed by atoms with Gasteiger partial charge in [0.25, 0.3) is 0 Å². The fourth-order valence-electron chi connectivity index (χ4n) is 4.53. The molecule has 2 fully saturated rings. The second-order valence-corrected chi connectivity index (χ2v) is 10.1. The van der Waals surface area contributed by atoms with Crippen molar-refractivity contribution in [1.82, 2.24) is 5.32 Å². The van der Waals surface area contributed by atoms with Crippen molar-refractivity contribution in [1.29, 1.82) is 0 Å². The van der Waals surface area contributed by atoms with Gasteiger partial charge in [0.2, 0.25) is 0 Å². The minimum atomic E-state index is -0.653. The molecule has 166 valence electrons. The molecule has 4 atom stereocenters. The van der Waals surface area contributed by atoms with Crippen molar-refractivity contribution in [2.24, 2.45) is 17.8 Å². The minimum absolute atomic E-state index is 0.192. The maximum Gasteiger partial charge on any atom is 0.408 e. The van der Waals surface area contributed by atoms with Crippen molar-refractivity contribution in [3.8, 4) is 0 Å². The molecule has 0 spiro atoms. The van der Waals surface area contributed by atoms with Crippen molar-refractivity contribution in [2.75, 3.05) is 0 Å². The Morgan fingerprint density at radius 1 is 1.13 bits per heavy atom. The van der Waals surface area contributed by atoms with E-state index < -0.39 is 17.7 Å². The van der Waals surface area contributed by atoms with E-state index in [9.17, 15) is 9.59 Å². The lowest BCUT2D eigenvalue weighted by Crippen LogP contribution is -2.45. The van der Waals surface area contributed by atoms with Crippen molar-refractivity contribution < 1.29 is 19.1 Å². The van der Waals surface area contributed by atoms with Gasteiger partial charge in [-0.2, -0.15) is 0 Å². The summed E-state index contributed by atoms with van der Waals surface area (Å²) in [5, 5.41) is 2.74. The van der Waals surface area contributed by atoms with Crippen LogP contribution in [-0.2, 0) is 20.7 Å². The first-order chi connectivity index (χ1) is 14.2. The van der Waals surface area contributed by atoms with E-state index in [-0.39, 0.29) is 18.0 Å². The fraction of sp³-hybridized carbons (Fsp3) is 0.680. The molecule has 5 nitrogen and oxygen atoms in total. The van der Waals surface area contributed by atoms with Gasteiger partial charge in [-0.25, -0.2) is 9.59 Å². The molecule has 0 aromatic heterocycles. The van der Waals surface area contributed by atoms with Crippen LogP contribution >= 0.6 is 0 Å². The van der Waals surface area contributed by atoms with Crippen LogP contribution in [0.25, 0.3) is 0 Å². The first kappa shape index (κ1) is 22.6. The fourth-order valence-corrected chi connectivity index (χ4v) is 4.53. The van der Waals surface area contributed by atoms with Crippen LogP contribution in [0.1, 0.15) is 71.8 Å². The molecule has 2 aliphatic rings. The summed E-state index contributed by atoms with van der Waals surface area (Å²) in [5.41, 5.74) is 0.685. The highest BCUT2D eigenvalue weighted by atomic mass is 16.6. The summed E-state index contributed by atoms with van der Waals surface area (Å²) in [6.45, 7) is 7.45. The Labute approximate surface area is 180 Å². The van der Waals surface area contributed by atoms with Gasteiger partial charge in [0, 0.05) is 5.92 Å². The lowest BCUT2D eigenvalue weighted by molar-refractivity contribution is -0.154. The van der Waals surface area contributed by atoms with Crippen LogP contribution in [0.2, 0.25) is 0 Å². The Hall–Kier alpha value is -2.04. The quantitative estimate of drug-likeness (QED) is 0.665. The molecule has 1 N–H and O–H groups in total. The third-order valence-corrected chi connectivity index (χ3v) is 6.20. The zero-order chi connectivity index (χ0) is 21.7. The summed E-state index contributed by atoms with van der Waals surface area (Å²) in [5.74, 6) is 1.30. The summed E-state index contributed by atoms with van der Waals surface area (Å²) in [4.78, 5) is 25.1. The van der Waals surface area contributed by atoms with Crippen LogP contribution in [0.15, 0.2) is 30.3 Å². The van der Waals surface area contributed by atoms with Gasteiger partial charge in [-0.1, -0.05) is 49.6 Å². The maximum absolute atomic E-state index is 12.9. The van der Waals surface area contributed by atoms with Gasteiger partial charge in [-0.05, 0) is 70.8 Å². The van der Waals surface area contributed by atoms with E-state index in [1.54, 1.807) is 0 Å². The number of cyclic esters (lactones) is 1. The SMILES string of the molecule is C[C@@H]1OC(=O)[C@@H](NC(=O)OC(C)(C)C)CCC[C@H](CC2CC2)[C@H]1Cc1ccccc1. The number of alkyl carbamates (subject to hydrolysis) is 1. The smallest absolute Gasteiger partial charge is 0.408 e. The van der Waals surface area contributed by atoms with Crippen molar-refractivity contribution in [3.63, 3.8) is 0 Å². The van der Waals surface area contributed by atoms with Crippen molar-refractivity contribution in [2.45, 2.75) is 90.4 Å². The number of esters is 1. The standard InChI is InChI=1S/C25H37NO4/c1-17-21(16-18-9-6-5-7-10-18)20(15-19-13-14-19)11-8-12-22(23(27)29-17)26-24(28)30-25(2,3)4/h5-7,9-10,17,19-22H,8,11-16H2,1-4H3,(H,26,28)/t17-,20+,21-,22-/m0/s1. The van der Waals surface area contributed by atoms with Gasteiger partial charge >= 0.3 is 12.1 Å². The number of nitrogens with one attached hydrogen (secondary N) is 1. The molecule has 0 bridgehead atoms. The van der Waals surface area contributed by atoms with Gasteiger partial charge in [0.05, 0.1) is 0 Å². The summed E-state index contributed by atoms with van der Waals surface area (Å²) in [6, 6.07) is 9.82.